The summed E-state index contributed by atoms with van der Waals surface area (Å²) in [6.07, 6.45) is 4.38. The number of aromatic nitrogens is 1. The smallest absolute Gasteiger partial charge is 0.387 e. The fourth-order valence-corrected chi connectivity index (χ4v) is 2.80. The number of aryl methyl sites for hydroxylation is 1. The van der Waals surface area contributed by atoms with E-state index in [1.807, 2.05) is 18.2 Å². The van der Waals surface area contributed by atoms with E-state index in [9.17, 15) is 8.78 Å². The number of nitrogens with one attached hydrogen (secondary N) is 1. The van der Waals surface area contributed by atoms with E-state index in [0.717, 1.165) is 24.9 Å². The number of nitrogen functional groups attached to an aromatic ring is 1. The number of nitrogens with two attached hydrogens (primary N) is 1. The number of alkyl halides is 2. The summed E-state index contributed by atoms with van der Waals surface area (Å²) in [5.41, 5.74) is 9.07. The van der Waals surface area contributed by atoms with Gasteiger partial charge in [0.05, 0.1) is 12.2 Å². The number of nitrogens with zero attached hydrogens (tertiary/aromatic N) is 1. The quantitative estimate of drug-likeness (QED) is 0.845. The van der Waals surface area contributed by atoms with Gasteiger partial charge in [-0.25, -0.2) is 4.98 Å². The number of hydrogen-bond donors (Lipinski definition) is 2. The monoisotopic (exact) mass is 305 g/mol. The van der Waals surface area contributed by atoms with Gasteiger partial charge >= 0.3 is 6.61 Å². The third kappa shape index (κ3) is 3.27. The van der Waals surface area contributed by atoms with Gasteiger partial charge in [-0.1, -0.05) is 6.07 Å². The third-order valence-corrected chi connectivity index (χ3v) is 3.76. The highest BCUT2D eigenvalue weighted by atomic mass is 19.3. The molecule has 0 amide bonds. The molecule has 22 heavy (non-hydrogen) atoms. The highest BCUT2D eigenvalue weighted by Gasteiger charge is 2.20. The van der Waals surface area contributed by atoms with Crippen LogP contribution in [0.5, 0.6) is 5.75 Å². The number of fused-ring (bicyclic) bond motifs is 1. The molecular weight excluding hydrogens is 288 g/mol. The van der Waals surface area contributed by atoms with E-state index < -0.39 is 6.61 Å². The minimum absolute atomic E-state index is 0.0531. The van der Waals surface area contributed by atoms with Gasteiger partial charge in [0.1, 0.15) is 11.6 Å². The molecule has 1 aliphatic rings. The lowest BCUT2D eigenvalue weighted by Gasteiger charge is -2.27. The van der Waals surface area contributed by atoms with Crippen molar-refractivity contribution >= 4 is 11.5 Å². The number of anilines is 2. The van der Waals surface area contributed by atoms with Crippen molar-refractivity contribution in [3.63, 3.8) is 0 Å². The Hall–Kier alpha value is -2.37. The van der Waals surface area contributed by atoms with Crippen molar-refractivity contribution in [2.75, 3.05) is 11.1 Å². The molecule has 1 aromatic carbocycles. The number of halogens is 2. The maximum absolute atomic E-state index is 12.1. The molecule has 1 aliphatic carbocycles. The molecule has 0 spiro atoms. The minimum atomic E-state index is -2.84. The average Bonchev–Trinajstić information content (AvgIpc) is 2.48. The second kappa shape index (κ2) is 6.17. The van der Waals surface area contributed by atoms with Crippen molar-refractivity contribution in [1.82, 2.24) is 4.98 Å². The first-order valence-electron chi connectivity index (χ1n) is 7.17. The van der Waals surface area contributed by atoms with Crippen molar-refractivity contribution in [2.45, 2.75) is 31.9 Å². The van der Waals surface area contributed by atoms with Crippen molar-refractivity contribution in [3.8, 4) is 5.75 Å². The highest BCUT2D eigenvalue weighted by molar-refractivity contribution is 5.49. The van der Waals surface area contributed by atoms with Crippen LogP contribution >= 0.6 is 0 Å². The van der Waals surface area contributed by atoms with E-state index in [1.165, 1.54) is 23.4 Å². The summed E-state index contributed by atoms with van der Waals surface area (Å²) in [7, 11) is 0. The second-order valence-corrected chi connectivity index (χ2v) is 5.31. The molecule has 2 aromatic rings. The standard InChI is InChI=1S/C16H17F2N3O/c17-16(18)22-12-5-7-15(20-9-12)21-14-3-1-2-10-8-11(19)4-6-13(10)14/h4-9,14,16H,1-3,19H2,(H,20,21). The van der Waals surface area contributed by atoms with E-state index in [4.69, 9.17) is 5.73 Å². The SMILES string of the molecule is Nc1ccc2c(c1)CCCC2Nc1ccc(OC(F)F)cn1. The van der Waals surface area contributed by atoms with Crippen LogP contribution in [0.2, 0.25) is 0 Å². The normalized spacial score (nSPS) is 17.1. The first-order valence-corrected chi connectivity index (χ1v) is 7.17. The predicted molar refractivity (Wildman–Crippen MR) is 81.0 cm³/mol. The van der Waals surface area contributed by atoms with Gasteiger partial charge < -0.3 is 15.8 Å². The zero-order chi connectivity index (χ0) is 15.5. The fourth-order valence-electron chi connectivity index (χ4n) is 2.80. The van der Waals surface area contributed by atoms with Crippen LogP contribution in [0.25, 0.3) is 0 Å². The number of rotatable bonds is 4. The molecule has 0 saturated heterocycles. The largest absolute Gasteiger partial charge is 0.433 e. The van der Waals surface area contributed by atoms with E-state index in [0.29, 0.717) is 5.82 Å². The van der Waals surface area contributed by atoms with Gasteiger partial charge in [0, 0.05) is 5.69 Å². The Balaban J connectivity index is 1.74. The topological polar surface area (TPSA) is 60.2 Å². The van der Waals surface area contributed by atoms with Crippen LogP contribution in [-0.4, -0.2) is 11.6 Å². The van der Waals surface area contributed by atoms with Crippen LogP contribution < -0.4 is 15.8 Å². The van der Waals surface area contributed by atoms with E-state index in [1.54, 1.807) is 6.07 Å². The van der Waals surface area contributed by atoms with Crippen LogP contribution in [0.3, 0.4) is 0 Å². The lowest BCUT2D eigenvalue weighted by molar-refractivity contribution is -0.0500. The number of hydrogen-bond acceptors (Lipinski definition) is 4. The van der Waals surface area contributed by atoms with Crippen LogP contribution in [0, 0.1) is 0 Å². The lowest BCUT2D eigenvalue weighted by atomic mass is 9.87. The number of benzene rings is 1. The summed E-state index contributed by atoms with van der Waals surface area (Å²) in [5, 5.41) is 3.34. The zero-order valence-electron chi connectivity index (χ0n) is 11.9. The molecule has 1 atom stereocenters. The molecule has 116 valence electrons. The average molecular weight is 305 g/mol. The van der Waals surface area contributed by atoms with Gasteiger partial charge in [-0.3, -0.25) is 0 Å². The molecule has 1 unspecified atom stereocenters. The zero-order valence-corrected chi connectivity index (χ0v) is 11.9. The van der Waals surface area contributed by atoms with Gasteiger partial charge in [0.2, 0.25) is 0 Å². The number of ether oxygens (including phenoxy) is 1. The van der Waals surface area contributed by atoms with Crippen molar-refractivity contribution < 1.29 is 13.5 Å². The molecule has 3 N–H and O–H groups in total. The van der Waals surface area contributed by atoms with Crippen molar-refractivity contribution in [3.05, 3.63) is 47.7 Å². The summed E-state index contributed by atoms with van der Waals surface area (Å²) in [6, 6.07) is 9.22. The van der Waals surface area contributed by atoms with Crippen LogP contribution in [0.4, 0.5) is 20.3 Å². The summed E-state index contributed by atoms with van der Waals surface area (Å²) >= 11 is 0. The van der Waals surface area contributed by atoms with Crippen LogP contribution in [0.15, 0.2) is 36.5 Å². The first-order chi connectivity index (χ1) is 10.6. The Bertz CT molecular complexity index is 646. The maximum Gasteiger partial charge on any atom is 0.387 e. The molecule has 0 radical (unpaired) electrons. The Morgan fingerprint density at radius 3 is 2.86 bits per heavy atom. The summed E-state index contributed by atoms with van der Waals surface area (Å²) in [4.78, 5) is 4.12. The molecule has 4 nitrogen and oxygen atoms in total. The molecule has 6 heteroatoms. The lowest BCUT2D eigenvalue weighted by Crippen LogP contribution is -2.18. The summed E-state index contributed by atoms with van der Waals surface area (Å²) < 4.78 is 28.5. The van der Waals surface area contributed by atoms with E-state index in [2.05, 4.69) is 15.0 Å². The van der Waals surface area contributed by atoms with Crippen molar-refractivity contribution in [1.29, 1.82) is 0 Å². The van der Waals surface area contributed by atoms with E-state index >= 15 is 0 Å². The van der Waals surface area contributed by atoms with Gasteiger partial charge in [-0.2, -0.15) is 8.78 Å². The Morgan fingerprint density at radius 2 is 2.14 bits per heavy atom. The summed E-state index contributed by atoms with van der Waals surface area (Å²) in [5.74, 6) is 0.689. The van der Waals surface area contributed by atoms with Gasteiger partial charge in [0.25, 0.3) is 0 Å². The molecule has 0 bridgehead atoms. The Labute approximate surface area is 127 Å². The highest BCUT2D eigenvalue weighted by Crippen LogP contribution is 2.33. The first kappa shape index (κ1) is 14.6. The molecule has 1 heterocycles. The molecular formula is C16H17F2N3O. The Morgan fingerprint density at radius 1 is 1.27 bits per heavy atom. The maximum atomic E-state index is 12.1. The van der Waals surface area contributed by atoms with Gasteiger partial charge in [-0.15, -0.1) is 0 Å². The van der Waals surface area contributed by atoms with Gasteiger partial charge in [0.15, 0.2) is 0 Å². The minimum Gasteiger partial charge on any atom is -0.433 e. The molecule has 0 fully saturated rings. The Kier molecular flexibility index (Phi) is 4.09. The predicted octanol–water partition coefficient (Wildman–Crippen LogP) is 3.75. The molecule has 0 saturated carbocycles. The number of pyridine rings is 1. The molecule has 0 aliphatic heterocycles. The fraction of sp³-hybridized carbons (Fsp3) is 0.312. The molecule has 3 rings (SSSR count). The van der Waals surface area contributed by atoms with Crippen LogP contribution in [0.1, 0.15) is 30.0 Å². The molecule has 1 aromatic heterocycles. The second-order valence-electron chi connectivity index (χ2n) is 5.31. The third-order valence-electron chi connectivity index (χ3n) is 3.76. The summed E-state index contributed by atoms with van der Waals surface area (Å²) in [6.45, 7) is -2.84. The van der Waals surface area contributed by atoms with E-state index in [-0.39, 0.29) is 11.8 Å². The van der Waals surface area contributed by atoms with Crippen LogP contribution in [-0.2, 0) is 6.42 Å². The van der Waals surface area contributed by atoms with Gasteiger partial charge in [-0.05, 0) is 54.7 Å². The van der Waals surface area contributed by atoms with Crippen molar-refractivity contribution in [2.24, 2.45) is 0 Å².